The Morgan fingerprint density at radius 2 is 2.00 bits per heavy atom. The second-order valence-electron chi connectivity index (χ2n) is 3.38. The van der Waals surface area contributed by atoms with Crippen molar-refractivity contribution >= 4 is 0 Å². The van der Waals surface area contributed by atoms with Gasteiger partial charge in [-0.05, 0) is 27.1 Å². The van der Waals surface area contributed by atoms with Gasteiger partial charge < -0.3 is 0 Å². The van der Waals surface area contributed by atoms with Crippen LogP contribution in [-0.4, -0.2) is 43.2 Å². The molecule has 2 saturated heterocycles. The minimum absolute atomic E-state index is 0.796. The van der Waals surface area contributed by atoms with Gasteiger partial charge in [-0.3, -0.25) is 9.80 Å². The van der Waals surface area contributed by atoms with Crippen LogP contribution in [0, 0.1) is 5.92 Å². The van der Waals surface area contributed by atoms with E-state index in [4.69, 9.17) is 0 Å². The fraction of sp³-hybridized carbons (Fsp3) is 1.00. The lowest BCUT2D eigenvalue weighted by atomic mass is 9.97. The van der Waals surface area contributed by atoms with E-state index in [-0.39, 0.29) is 0 Å². The van der Waals surface area contributed by atoms with Crippen LogP contribution in [0.4, 0.5) is 0 Å². The number of rotatable bonds is 0. The van der Waals surface area contributed by atoms with Crippen LogP contribution in [0.1, 0.15) is 6.42 Å². The summed E-state index contributed by atoms with van der Waals surface area (Å²) >= 11 is 0. The number of fused-ring (bicyclic) bond motifs is 1. The predicted molar refractivity (Wildman–Crippen MR) is 37.2 cm³/mol. The average Bonchev–Trinajstić information content (AvgIpc) is 2.04. The van der Waals surface area contributed by atoms with Crippen LogP contribution in [0.15, 0.2) is 0 Å². The molecule has 2 aliphatic rings. The van der Waals surface area contributed by atoms with Gasteiger partial charge in [-0.1, -0.05) is 0 Å². The van der Waals surface area contributed by atoms with Crippen molar-refractivity contribution in [3.8, 4) is 0 Å². The van der Waals surface area contributed by atoms with Gasteiger partial charge in [0.25, 0.3) is 0 Å². The van der Waals surface area contributed by atoms with Gasteiger partial charge in [0, 0.05) is 12.5 Å². The molecule has 0 N–H and O–H groups in total. The summed E-state index contributed by atoms with van der Waals surface area (Å²) in [6.45, 7) is 2.63. The van der Waals surface area contributed by atoms with Crippen LogP contribution in [-0.2, 0) is 0 Å². The van der Waals surface area contributed by atoms with Crippen molar-refractivity contribution in [3.05, 3.63) is 0 Å². The van der Waals surface area contributed by atoms with Gasteiger partial charge in [-0.2, -0.15) is 0 Å². The quantitative estimate of drug-likeness (QED) is 0.458. The molecule has 2 aliphatic heterocycles. The average molecular weight is 126 g/mol. The van der Waals surface area contributed by atoms with Crippen LogP contribution in [0.25, 0.3) is 0 Å². The van der Waals surface area contributed by atoms with Gasteiger partial charge in [0.05, 0.1) is 6.17 Å². The smallest absolute Gasteiger partial charge is 0.0659 e. The molecule has 9 heavy (non-hydrogen) atoms. The predicted octanol–water partition coefficient (Wildman–Crippen LogP) is 0.210. The fourth-order valence-electron chi connectivity index (χ4n) is 2.23. The molecule has 2 heterocycles. The maximum absolute atomic E-state index is 2.45. The van der Waals surface area contributed by atoms with Crippen LogP contribution in [0.5, 0.6) is 0 Å². The van der Waals surface area contributed by atoms with E-state index in [0.29, 0.717) is 0 Å². The molecule has 0 amide bonds. The van der Waals surface area contributed by atoms with Gasteiger partial charge in [0.1, 0.15) is 0 Å². The monoisotopic (exact) mass is 126 g/mol. The van der Waals surface area contributed by atoms with Crippen LogP contribution >= 0.6 is 0 Å². The van der Waals surface area contributed by atoms with Gasteiger partial charge in [-0.25, -0.2) is 0 Å². The lowest BCUT2D eigenvalue weighted by Crippen LogP contribution is -2.56. The van der Waals surface area contributed by atoms with Crippen molar-refractivity contribution in [2.45, 2.75) is 12.6 Å². The highest BCUT2D eigenvalue weighted by Gasteiger charge is 2.42. The molecule has 0 bridgehead atoms. The Balaban J connectivity index is 2.06. The minimum Gasteiger partial charge on any atom is -0.291 e. The Hall–Kier alpha value is -0.0800. The molecular formula is C7H14N2. The highest BCUT2D eigenvalue weighted by Crippen LogP contribution is 2.33. The van der Waals surface area contributed by atoms with Crippen molar-refractivity contribution < 1.29 is 0 Å². The summed E-state index contributed by atoms with van der Waals surface area (Å²) in [6.07, 6.45) is 2.22. The highest BCUT2D eigenvalue weighted by atomic mass is 15.4. The third-order valence-electron chi connectivity index (χ3n) is 2.70. The summed E-state index contributed by atoms with van der Waals surface area (Å²) in [5, 5.41) is 0. The Kier molecular flexibility index (Phi) is 1.08. The molecule has 0 aromatic heterocycles. The zero-order valence-electron chi connectivity index (χ0n) is 6.17. The maximum Gasteiger partial charge on any atom is 0.0659 e. The molecule has 2 nitrogen and oxygen atoms in total. The van der Waals surface area contributed by atoms with Crippen molar-refractivity contribution in [2.75, 3.05) is 27.2 Å². The highest BCUT2D eigenvalue weighted by molar-refractivity contribution is 4.93. The van der Waals surface area contributed by atoms with Crippen molar-refractivity contribution in [2.24, 2.45) is 5.92 Å². The molecule has 0 saturated carbocycles. The first-order valence-electron chi connectivity index (χ1n) is 3.69. The van der Waals surface area contributed by atoms with E-state index in [2.05, 4.69) is 23.9 Å². The maximum atomic E-state index is 2.45. The van der Waals surface area contributed by atoms with E-state index in [1.54, 1.807) is 0 Å². The van der Waals surface area contributed by atoms with E-state index in [9.17, 15) is 0 Å². The van der Waals surface area contributed by atoms with Crippen molar-refractivity contribution in [3.63, 3.8) is 0 Å². The van der Waals surface area contributed by atoms with E-state index in [0.717, 1.165) is 12.1 Å². The molecular weight excluding hydrogens is 112 g/mol. The summed E-state index contributed by atoms with van der Waals surface area (Å²) in [5.74, 6) is 1.000. The molecule has 2 unspecified atom stereocenters. The van der Waals surface area contributed by atoms with Crippen molar-refractivity contribution in [1.82, 2.24) is 9.80 Å². The first-order valence-corrected chi connectivity index (χ1v) is 3.69. The van der Waals surface area contributed by atoms with E-state index >= 15 is 0 Å². The van der Waals surface area contributed by atoms with Crippen LogP contribution < -0.4 is 0 Å². The standard InChI is InChI=1S/C7H14N2/c1-8-4-3-6-5-9(2)7(6)8/h6-7H,3-5H2,1-2H3. The third kappa shape index (κ3) is 0.634. The van der Waals surface area contributed by atoms with E-state index in [1.807, 2.05) is 0 Å². The molecule has 0 radical (unpaired) electrons. The molecule has 0 aromatic carbocycles. The molecule has 2 heteroatoms. The Morgan fingerprint density at radius 1 is 1.22 bits per heavy atom. The van der Waals surface area contributed by atoms with Crippen LogP contribution in [0.3, 0.4) is 0 Å². The third-order valence-corrected chi connectivity index (χ3v) is 2.70. The zero-order chi connectivity index (χ0) is 6.43. The van der Waals surface area contributed by atoms with E-state index in [1.165, 1.54) is 19.5 Å². The first-order chi connectivity index (χ1) is 4.29. The normalized spacial score (nSPS) is 44.7. The minimum atomic E-state index is 0.796. The lowest BCUT2D eigenvalue weighted by Gasteiger charge is -2.44. The second kappa shape index (κ2) is 1.70. The van der Waals surface area contributed by atoms with E-state index < -0.39 is 0 Å². The largest absolute Gasteiger partial charge is 0.291 e. The molecule has 2 rings (SSSR count). The zero-order valence-corrected chi connectivity index (χ0v) is 6.17. The topological polar surface area (TPSA) is 6.48 Å². The fourth-order valence-corrected chi connectivity index (χ4v) is 2.23. The first kappa shape index (κ1) is 5.69. The molecule has 2 atom stereocenters. The summed E-state index contributed by atoms with van der Waals surface area (Å²) < 4.78 is 0. The summed E-state index contributed by atoms with van der Waals surface area (Å²) in [5.41, 5.74) is 0. The number of nitrogens with zero attached hydrogens (tertiary/aromatic N) is 2. The molecule has 2 fully saturated rings. The van der Waals surface area contributed by atoms with Gasteiger partial charge in [-0.15, -0.1) is 0 Å². The Bertz CT molecular complexity index is 115. The molecule has 0 aliphatic carbocycles. The Morgan fingerprint density at radius 3 is 2.44 bits per heavy atom. The number of hydrogen-bond donors (Lipinski definition) is 0. The lowest BCUT2D eigenvalue weighted by molar-refractivity contribution is -0.0101. The number of hydrogen-bond acceptors (Lipinski definition) is 2. The molecule has 0 spiro atoms. The number of likely N-dealkylation sites (tertiary alicyclic amines) is 2. The summed E-state index contributed by atoms with van der Waals surface area (Å²) in [4.78, 5) is 4.88. The van der Waals surface area contributed by atoms with Crippen molar-refractivity contribution in [1.29, 1.82) is 0 Å². The van der Waals surface area contributed by atoms with Gasteiger partial charge in [0.2, 0.25) is 0 Å². The SMILES string of the molecule is CN1CCC2CN(C)C21. The van der Waals surface area contributed by atoms with Crippen LogP contribution in [0.2, 0.25) is 0 Å². The van der Waals surface area contributed by atoms with Gasteiger partial charge in [0.15, 0.2) is 0 Å². The second-order valence-corrected chi connectivity index (χ2v) is 3.38. The molecule has 0 aromatic rings. The summed E-state index contributed by atoms with van der Waals surface area (Å²) in [7, 11) is 4.43. The molecule has 52 valence electrons. The Labute approximate surface area is 56.4 Å². The van der Waals surface area contributed by atoms with Gasteiger partial charge >= 0.3 is 0 Å². The summed E-state index contributed by atoms with van der Waals surface area (Å²) in [6, 6.07) is 0.